The van der Waals surface area contributed by atoms with Gasteiger partial charge in [-0.05, 0) is 11.4 Å². The molecular weight excluding hydrogens is 224 g/mol. The van der Waals surface area contributed by atoms with Gasteiger partial charge in [0.15, 0.2) is 5.51 Å². The summed E-state index contributed by atoms with van der Waals surface area (Å²) in [4.78, 5) is 9.60. The fourth-order valence-corrected chi connectivity index (χ4v) is 3.40. The summed E-state index contributed by atoms with van der Waals surface area (Å²) >= 11 is 3.51. The van der Waals surface area contributed by atoms with Gasteiger partial charge >= 0.3 is 0 Å². The molecule has 0 saturated carbocycles. The average Bonchev–Trinajstić information content (AvgIpc) is 2.87. The molecule has 0 saturated heterocycles. The van der Waals surface area contributed by atoms with Crippen LogP contribution in [0.15, 0.2) is 17.5 Å². The third-order valence-corrected chi connectivity index (χ3v) is 4.32. The molecule has 2 aromatic heterocycles. The summed E-state index contributed by atoms with van der Waals surface area (Å²) < 4.78 is 0. The Kier molecular flexibility index (Phi) is 2.56. The highest BCUT2D eigenvalue weighted by Gasteiger charge is 2.18. The number of aromatic nitrogens is 1. The molecule has 4 heteroatoms. The maximum Gasteiger partial charge on any atom is 0.152 e. The van der Waals surface area contributed by atoms with E-state index in [0.717, 1.165) is 26.1 Å². The van der Waals surface area contributed by atoms with Gasteiger partial charge in [0.2, 0.25) is 0 Å². The van der Waals surface area contributed by atoms with E-state index in [4.69, 9.17) is 0 Å². The van der Waals surface area contributed by atoms with Crippen molar-refractivity contribution in [3.8, 4) is 0 Å². The Morgan fingerprint density at radius 1 is 1.53 bits per heavy atom. The zero-order valence-corrected chi connectivity index (χ0v) is 9.90. The molecule has 0 aromatic carbocycles. The predicted octanol–water partition coefficient (Wildman–Crippen LogP) is 2.56. The summed E-state index contributed by atoms with van der Waals surface area (Å²) in [5, 5.41) is 2.14. The van der Waals surface area contributed by atoms with E-state index in [9.17, 15) is 0 Å². The summed E-state index contributed by atoms with van der Waals surface area (Å²) in [6, 6.07) is 4.33. The van der Waals surface area contributed by atoms with Crippen molar-refractivity contribution in [3.63, 3.8) is 0 Å². The van der Waals surface area contributed by atoms with Crippen molar-refractivity contribution in [2.75, 3.05) is 6.54 Å². The van der Waals surface area contributed by atoms with E-state index in [1.807, 2.05) is 11.3 Å². The molecule has 0 amide bonds. The van der Waals surface area contributed by atoms with Crippen LogP contribution in [0.3, 0.4) is 0 Å². The molecule has 0 aliphatic carbocycles. The van der Waals surface area contributed by atoms with Crippen LogP contribution in [0.2, 0.25) is 0 Å². The minimum Gasteiger partial charge on any atom is -0.293 e. The van der Waals surface area contributed by atoms with Gasteiger partial charge in [-0.2, -0.15) is 0 Å². The van der Waals surface area contributed by atoms with Crippen molar-refractivity contribution in [1.29, 1.82) is 0 Å². The third-order valence-electron chi connectivity index (χ3n) is 2.66. The molecular formula is C11H11N2S2. The van der Waals surface area contributed by atoms with Crippen LogP contribution in [0.1, 0.15) is 15.4 Å². The Balaban J connectivity index is 1.71. The molecule has 2 aromatic rings. The largest absolute Gasteiger partial charge is 0.293 e. The van der Waals surface area contributed by atoms with Gasteiger partial charge in [-0.1, -0.05) is 6.07 Å². The molecule has 1 aliphatic rings. The van der Waals surface area contributed by atoms with Crippen LogP contribution in [0.4, 0.5) is 0 Å². The van der Waals surface area contributed by atoms with E-state index in [2.05, 4.69) is 32.9 Å². The Bertz CT molecular complexity index is 433. The normalized spacial score (nSPS) is 16.5. The van der Waals surface area contributed by atoms with Gasteiger partial charge in [0.1, 0.15) is 0 Å². The van der Waals surface area contributed by atoms with Gasteiger partial charge in [-0.3, -0.25) is 4.90 Å². The lowest BCUT2D eigenvalue weighted by atomic mass is 10.2. The highest BCUT2D eigenvalue weighted by molar-refractivity contribution is 7.10. The monoisotopic (exact) mass is 235 g/mol. The first-order valence-electron chi connectivity index (χ1n) is 5.01. The standard InChI is InChI=1S/C11H11N2S2/c1-2-9(14-5-1)6-13-4-3-10-11(7-13)15-8-12-10/h1-2,5H,3-4,6-7H2. The first-order chi connectivity index (χ1) is 7.42. The molecule has 2 nitrogen and oxygen atoms in total. The molecule has 0 bridgehead atoms. The van der Waals surface area contributed by atoms with Crippen molar-refractivity contribution >= 4 is 22.7 Å². The molecule has 0 atom stereocenters. The Morgan fingerprint density at radius 2 is 2.53 bits per heavy atom. The fourth-order valence-electron chi connectivity index (χ4n) is 1.88. The minimum absolute atomic E-state index is 1.05. The van der Waals surface area contributed by atoms with Crippen molar-refractivity contribution in [2.45, 2.75) is 19.5 Å². The molecule has 1 radical (unpaired) electrons. The van der Waals surface area contributed by atoms with Crippen molar-refractivity contribution < 1.29 is 0 Å². The lowest BCUT2D eigenvalue weighted by Crippen LogP contribution is -2.29. The molecule has 0 fully saturated rings. The molecule has 0 unspecified atom stereocenters. The molecule has 3 heterocycles. The highest BCUT2D eigenvalue weighted by atomic mass is 32.1. The van der Waals surface area contributed by atoms with Crippen LogP contribution >= 0.6 is 22.7 Å². The van der Waals surface area contributed by atoms with Crippen molar-refractivity contribution in [2.24, 2.45) is 0 Å². The van der Waals surface area contributed by atoms with Crippen molar-refractivity contribution in [1.82, 2.24) is 9.88 Å². The van der Waals surface area contributed by atoms with E-state index in [0.29, 0.717) is 0 Å². The van der Waals surface area contributed by atoms with E-state index >= 15 is 0 Å². The average molecular weight is 235 g/mol. The third kappa shape index (κ3) is 1.97. The van der Waals surface area contributed by atoms with Gasteiger partial charge in [0.05, 0.1) is 5.69 Å². The molecule has 0 spiro atoms. The first kappa shape index (κ1) is 9.51. The molecule has 3 rings (SSSR count). The number of hydrogen-bond acceptors (Lipinski definition) is 4. The number of fused-ring (bicyclic) bond motifs is 1. The fraction of sp³-hybridized carbons (Fsp3) is 0.364. The predicted molar refractivity (Wildman–Crippen MR) is 63.1 cm³/mol. The second-order valence-corrected chi connectivity index (χ2v) is 5.63. The zero-order chi connectivity index (χ0) is 10.1. The van der Waals surface area contributed by atoms with Crippen LogP contribution in [-0.4, -0.2) is 16.4 Å². The maximum atomic E-state index is 4.26. The lowest BCUT2D eigenvalue weighted by molar-refractivity contribution is 0.249. The summed E-state index contributed by atoms with van der Waals surface area (Å²) in [6.07, 6.45) is 1.08. The Morgan fingerprint density at radius 3 is 3.40 bits per heavy atom. The Labute approximate surface area is 97.2 Å². The van der Waals surface area contributed by atoms with Gasteiger partial charge in [0.25, 0.3) is 0 Å². The van der Waals surface area contributed by atoms with E-state index in [-0.39, 0.29) is 0 Å². The van der Waals surface area contributed by atoms with E-state index in [1.54, 1.807) is 11.3 Å². The number of hydrogen-bond donors (Lipinski definition) is 0. The van der Waals surface area contributed by atoms with E-state index < -0.39 is 0 Å². The quantitative estimate of drug-likeness (QED) is 0.795. The SMILES string of the molecule is [c]1nc2c(s1)CN(Cc1cccs1)CC2. The van der Waals surface area contributed by atoms with Gasteiger partial charge < -0.3 is 0 Å². The van der Waals surface area contributed by atoms with Crippen LogP contribution < -0.4 is 0 Å². The number of nitrogens with zero attached hydrogens (tertiary/aromatic N) is 2. The first-order valence-corrected chi connectivity index (χ1v) is 6.71. The molecule has 0 N–H and O–H groups in total. The van der Waals surface area contributed by atoms with Crippen LogP contribution in [0.5, 0.6) is 0 Å². The van der Waals surface area contributed by atoms with Crippen molar-refractivity contribution in [3.05, 3.63) is 38.5 Å². The van der Waals surface area contributed by atoms with Gasteiger partial charge in [-0.15, -0.1) is 22.7 Å². The Hall–Kier alpha value is -0.710. The summed E-state index contributed by atoms with van der Waals surface area (Å²) in [5.41, 5.74) is 4.25. The summed E-state index contributed by atoms with van der Waals surface area (Å²) in [6.45, 7) is 3.26. The molecule has 1 aliphatic heterocycles. The zero-order valence-electron chi connectivity index (χ0n) is 8.27. The van der Waals surface area contributed by atoms with Crippen LogP contribution in [0, 0.1) is 5.51 Å². The maximum absolute atomic E-state index is 4.26. The smallest absolute Gasteiger partial charge is 0.152 e. The number of thiazole rings is 1. The number of rotatable bonds is 2. The molecule has 77 valence electrons. The minimum atomic E-state index is 1.05. The molecule has 15 heavy (non-hydrogen) atoms. The topological polar surface area (TPSA) is 16.1 Å². The second-order valence-electron chi connectivity index (χ2n) is 3.72. The van der Waals surface area contributed by atoms with Gasteiger partial charge in [0, 0.05) is 35.8 Å². The summed E-state index contributed by atoms with van der Waals surface area (Å²) in [7, 11) is 0. The van der Waals surface area contributed by atoms with Crippen LogP contribution in [0.25, 0.3) is 0 Å². The second kappa shape index (κ2) is 4.04. The van der Waals surface area contributed by atoms with E-state index in [1.165, 1.54) is 15.4 Å². The van der Waals surface area contributed by atoms with Crippen LogP contribution in [-0.2, 0) is 19.5 Å². The number of thiophene rings is 1. The summed E-state index contributed by atoms with van der Waals surface area (Å²) in [5.74, 6) is 0. The lowest BCUT2D eigenvalue weighted by Gasteiger charge is -2.25. The highest BCUT2D eigenvalue weighted by Crippen LogP contribution is 2.23. The van der Waals surface area contributed by atoms with Gasteiger partial charge in [-0.25, -0.2) is 4.98 Å².